The topological polar surface area (TPSA) is 27.0 Å². The number of nitriles is 1. The van der Waals surface area contributed by atoms with Gasteiger partial charge in [-0.15, -0.1) is 0 Å². The molecule has 0 saturated heterocycles. The van der Waals surface area contributed by atoms with Gasteiger partial charge in [0.1, 0.15) is 0 Å². The highest BCUT2D eigenvalue weighted by atomic mass is 15.1. The van der Waals surface area contributed by atoms with Crippen LogP contribution in [0.3, 0.4) is 0 Å². The normalized spacial score (nSPS) is 23.9. The largest absolute Gasteiger partial charge is 0.299 e. The van der Waals surface area contributed by atoms with Gasteiger partial charge in [0.15, 0.2) is 0 Å². The van der Waals surface area contributed by atoms with Gasteiger partial charge in [-0.2, -0.15) is 5.26 Å². The maximum absolute atomic E-state index is 8.79. The zero-order valence-electron chi connectivity index (χ0n) is 11.4. The van der Waals surface area contributed by atoms with E-state index >= 15 is 0 Å². The van der Waals surface area contributed by atoms with E-state index in [0.29, 0.717) is 0 Å². The van der Waals surface area contributed by atoms with Gasteiger partial charge in [-0.1, -0.05) is 31.9 Å². The minimum atomic E-state index is 0.717. The van der Waals surface area contributed by atoms with Crippen LogP contribution in [0.25, 0.3) is 0 Å². The molecule has 1 aliphatic carbocycles. The van der Waals surface area contributed by atoms with Crippen LogP contribution in [-0.2, 0) is 6.54 Å². The molecule has 2 rings (SSSR count). The summed E-state index contributed by atoms with van der Waals surface area (Å²) in [5.74, 6) is 0.808. The number of hydrogen-bond donors (Lipinski definition) is 0. The molecular weight excluding hydrogens is 220 g/mol. The van der Waals surface area contributed by atoms with Crippen LogP contribution >= 0.6 is 0 Å². The molecule has 2 atom stereocenters. The summed E-state index contributed by atoms with van der Waals surface area (Å²) in [5.41, 5.74) is 2.04. The maximum atomic E-state index is 8.79. The fraction of sp³-hybridized carbons (Fsp3) is 0.562. The monoisotopic (exact) mass is 242 g/mol. The molecule has 0 aliphatic heterocycles. The first-order chi connectivity index (χ1) is 8.70. The van der Waals surface area contributed by atoms with Crippen molar-refractivity contribution in [2.45, 2.75) is 45.2 Å². The Morgan fingerprint density at radius 3 is 2.50 bits per heavy atom. The van der Waals surface area contributed by atoms with Crippen LogP contribution in [0, 0.1) is 17.2 Å². The van der Waals surface area contributed by atoms with Crippen molar-refractivity contribution in [1.29, 1.82) is 5.26 Å². The van der Waals surface area contributed by atoms with E-state index in [-0.39, 0.29) is 0 Å². The third-order valence-corrected chi connectivity index (χ3v) is 4.15. The molecule has 1 aliphatic rings. The van der Waals surface area contributed by atoms with E-state index in [0.717, 1.165) is 24.1 Å². The van der Waals surface area contributed by atoms with Crippen molar-refractivity contribution in [1.82, 2.24) is 4.90 Å². The van der Waals surface area contributed by atoms with Gasteiger partial charge < -0.3 is 0 Å². The van der Waals surface area contributed by atoms with Gasteiger partial charge in [0, 0.05) is 12.6 Å². The molecule has 2 heteroatoms. The van der Waals surface area contributed by atoms with Crippen molar-refractivity contribution in [2.24, 2.45) is 5.92 Å². The first kappa shape index (κ1) is 13.1. The Labute approximate surface area is 110 Å². The lowest BCUT2D eigenvalue weighted by Gasteiger charge is -2.36. The molecule has 0 amide bonds. The molecule has 0 bridgehead atoms. The highest BCUT2D eigenvalue weighted by Crippen LogP contribution is 2.28. The van der Waals surface area contributed by atoms with E-state index in [1.807, 2.05) is 12.1 Å². The first-order valence-corrected chi connectivity index (χ1v) is 6.90. The van der Waals surface area contributed by atoms with Crippen LogP contribution in [0.5, 0.6) is 0 Å². The Kier molecular flexibility index (Phi) is 4.38. The van der Waals surface area contributed by atoms with Crippen molar-refractivity contribution in [3.05, 3.63) is 35.4 Å². The van der Waals surface area contributed by atoms with Crippen molar-refractivity contribution in [3.8, 4) is 6.07 Å². The Morgan fingerprint density at radius 1 is 1.22 bits per heavy atom. The van der Waals surface area contributed by atoms with Crippen LogP contribution in [0.4, 0.5) is 0 Å². The fourth-order valence-corrected chi connectivity index (χ4v) is 3.04. The van der Waals surface area contributed by atoms with Gasteiger partial charge >= 0.3 is 0 Å². The second-order valence-electron chi connectivity index (χ2n) is 5.55. The Morgan fingerprint density at radius 2 is 1.89 bits per heavy atom. The molecule has 0 N–H and O–H groups in total. The van der Waals surface area contributed by atoms with Crippen molar-refractivity contribution < 1.29 is 0 Å². The SMILES string of the molecule is CC1CCCCC1N(C)Cc1ccc(C#N)cc1. The summed E-state index contributed by atoms with van der Waals surface area (Å²) in [6.45, 7) is 3.36. The molecular formula is C16H22N2. The average Bonchev–Trinajstić information content (AvgIpc) is 2.40. The highest BCUT2D eigenvalue weighted by molar-refractivity contribution is 5.31. The third kappa shape index (κ3) is 3.11. The number of benzene rings is 1. The van der Waals surface area contributed by atoms with Gasteiger partial charge in [-0.25, -0.2) is 0 Å². The fourth-order valence-electron chi connectivity index (χ4n) is 3.04. The highest BCUT2D eigenvalue weighted by Gasteiger charge is 2.24. The zero-order valence-corrected chi connectivity index (χ0v) is 11.4. The lowest BCUT2D eigenvalue weighted by molar-refractivity contribution is 0.133. The van der Waals surface area contributed by atoms with Crippen LogP contribution in [-0.4, -0.2) is 18.0 Å². The summed E-state index contributed by atoms with van der Waals surface area (Å²) in [6.07, 6.45) is 5.45. The predicted molar refractivity (Wildman–Crippen MR) is 74.0 cm³/mol. The van der Waals surface area contributed by atoms with Crippen LogP contribution < -0.4 is 0 Å². The molecule has 1 saturated carbocycles. The van der Waals surface area contributed by atoms with Crippen LogP contribution in [0.1, 0.15) is 43.7 Å². The Balaban J connectivity index is 1.97. The molecule has 0 spiro atoms. The summed E-state index contributed by atoms with van der Waals surface area (Å²) in [5, 5.41) is 8.79. The van der Waals surface area contributed by atoms with Crippen molar-refractivity contribution in [3.63, 3.8) is 0 Å². The third-order valence-electron chi connectivity index (χ3n) is 4.15. The smallest absolute Gasteiger partial charge is 0.0991 e. The van der Waals surface area contributed by atoms with Crippen LogP contribution in [0.15, 0.2) is 24.3 Å². The average molecular weight is 242 g/mol. The minimum absolute atomic E-state index is 0.717. The summed E-state index contributed by atoms with van der Waals surface area (Å²) < 4.78 is 0. The predicted octanol–water partition coefficient (Wildman–Crippen LogP) is 3.57. The summed E-state index contributed by atoms with van der Waals surface area (Å²) in [6, 6.07) is 10.8. The molecule has 1 fully saturated rings. The molecule has 2 unspecified atom stereocenters. The number of rotatable bonds is 3. The number of nitrogens with zero attached hydrogens (tertiary/aromatic N) is 2. The van der Waals surface area contributed by atoms with E-state index in [9.17, 15) is 0 Å². The van der Waals surface area contributed by atoms with E-state index in [1.54, 1.807) is 0 Å². The van der Waals surface area contributed by atoms with Gasteiger partial charge in [0.05, 0.1) is 11.6 Å². The minimum Gasteiger partial charge on any atom is -0.299 e. The Bertz CT molecular complexity index is 416. The van der Waals surface area contributed by atoms with E-state index in [1.165, 1.54) is 31.2 Å². The van der Waals surface area contributed by atoms with E-state index in [4.69, 9.17) is 5.26 Å². The molecule has 0 aromatic heterocycles. The number of hydrogen-bond acceptors (Lipinski definition) is 2. The van der Waals surface area contributed by atoms with E-state index < -0.39 is 0 Å². The van der Waals surface area contributed by atoms with E-state index in [2.05, 4.69) is 37.1 Å². The zero-order chi connectivity index (χ0) is 13.0. The summed E-state index contributed by atoms with van der Waals surface area (Å²) >= 11 is 0. The molecule has 1 aromatic carbocycles. The lowest BCUT2D eigenvalue weighted by Crippen LogP contribution is -2.38. The summed E-state index contributed by atoms with van der Waals surface area (Å²) in [7, 11) is 2.23. The van der Waals surface area contributed by atoms with Crippen molar-refractivity contribution in [2.75, 3.05) is 7.05 Å². The second kappa shape index (κ2) is 6.02. The molecule has 0 heterocycles. The van der Waals surface area contributed by atoms with Gasteiger partial charge in [-0.3, -0.25) is 4.90 Å². The first-order valence-electron chi connectivity index (χ1n) is 6.90. The standard InChI is InChI=1S/C16H22N2/c1-13-5-3-4-6-16(13)18(2)12-15-9-7-14(11-17)8-10-15/h7-10,13,16H,3-6,12H2,1-2H3. The van der Waals surface area contributed by atoms with Gasteiger partial charge in [0.2, 0.25) is 0 Å². The Hall–Kier alpha value is -1.33. The molecule has 96 valence electrons. The van der Waals surface area contributed by atoms with Gasteiger partial charge in [0.25, 0.3) is 0 Å². The molecule has 2 nitrogen and oxygen atoms in total. The molecule has 0 radical (unpaired) electrons. The molecule has 18 heavy (non-hydrogen) atoms. The quantitative estimate of drug-likeness (QED) is 0.810. The van der Waals surface area contributed by atoms with Gasteiger partial charge in [-0.05, 0) is 43.5 Å². The van der Waals surface area contributed by atoms with Crippen molar-refractivity contribution >= 4 is 0 Å². The lowest BCUT2D eigenvalue weighted by atomic mass is 9.85. The van der Waals surface area contributed by atoms with Crippen LogP contribution in [0.2, 0.25) is 0 Å². The summed E-state index contributed by atoms with van der Waals surface area (Å²) in [4.78, 5) is 2.48. The maximum Gasteiger partial charge on any atom is 0.0991 e. The molecule has 1 aromatic rings. The second-order valence-corrected chi connectivity index (χ2v) is 5.55.